The van der Waals surface area contributed by atoms with Gasteiger partial charge >= 0.3 is 6.18 Å². The van der Waals surface area contributed by atoms with E-state index in [1.54, 1.807) is 13.8 Å². The Balaban J connectivity index is 3.10. The average molecular weight is 314 g/mol. The van der Waals surface area contributed by atoms with E-state index in [0.717, 1.165) is 6.20 Å². The molecule has 0 aromatic carbocycles. The second-order valence-electron chi connectivity index (χ2n) is 4.97. The topological polar surface area (TPSA) is 67.2 Å². The molecule has 9 heteroatoms. The van der Waals surface area contributed by atoms with Crippen LogP contribution in [0.5, 0.6) is 0 Å². The minimum absolute atomic E-state index is 0.0704. The van der Waals surface area contributed by atoms with Crippen molar-refractivity contribution in [1.82, 2.24) is 9.78 Å². The van der Waals surface area contributed by atoms with Crippen LogP contribution in [0.1, 0.15) is 20.8 Å². The lowest BCUT2D eigenvalue weighted by molar-refractivity contribution is -0.143. The summed E-state index contributed by atoms with van der Waals surface area (Å²) in [7, 11) is 0. The molecule has 1 rings (SSSR count). The smallest absolute Gasteiger partial charge is 0.391 e. The second kappa shape index (κ2) is 5.61. The number of halogens is 4. The maximum Gasteiger partial charge on any atom is 0.408 e. The maximum absolute atomic E-state index is 12.2. The molecule has 0 aliphatic rings. The van der Waals surface area contributed by atoms with Gasteiger partial charge in [-0.15, -0.1) is 0 Å². The van der Waals surface area contributed by atoms with E-state index >= 15 is 0 Å². The van der Waals surface area contributed by atoms with E-state index in [1.807, 2.05) is 0 Å². The Morgan fingerprint density at radius 2 is 2.05 bits per heavy atom. The number of hydrogen-bond acceptors (Lipinski definition) is 4. The summed E-state index contributed by atoms with van der Waals surface area (Å²) in [5.74, 6) is 0. The molecular weight excluding hydrogens is 299 g/mol. The molecular formula is C11H15ClF3N3O2. The molecule has 1 unspecified atom stereocenters. The van der Waals surface area contributed by atoms with Crippen LogP contribution in [0.2, 0.25) is 5.02 Å². The molecule has 0 fully saturated rings. The van der Waals surface area contributed by atoms with E-state index in [4.69, 9.17) is 11.6 Å². The summed E-state index contributed by atoms with van der Waals surface area (Å²) in [4.78, 5) is 11.7. The Morgan fingerprint density at radius 3 is 2.50 bits per heavy atom. The van der Waals surface area contributed by atoms with E-state index < -0.39 is 34.9 Å². The molecule has 1 heterocycles. The van der Waals surface area contributed by atoms with Gasteiger partial charge in [0.25, 0.3) is 5.56 Å². The Morgan fingerprint density at radius 1 is 1.50 bits per heavy atom. The molecule has 2 N–H and O–H groups in total. The number of nitrogens with one attached hydrogen (secondary N) is 1. The molecule has 20 heavy (non-hydrogen) atoms. The fraction of sp³-hybridized carbons (Fsp3) is 0.636. The zero-order valence-corrected chi connectivity index (χ0v) is 11.9. The minimum atomic E-state index is -4.56. The van der Waals surface area contributed by atoms with Crippen LogP contribution in [0, 0.1) is 0 Å². The van der Waals surface area contributed by atoms with Gasteiger partial charge in [0.15, 0.2) is 0 Å². The van der Waals surface area contributed by atoms with Gasteiger partial charge in [0.1, 0.15) is 11.6 Å². The third-order valence-corrected chi connectivity index (χ3v) is 3.18. The molecule has 0 saturated carbocycles. The van der Waals surface area contributed by atoms with Crippen molar-refractivity contribution in [2.45, 2.75) is 45.1 Å². The lowest BCUT2D eigenvalue weighted by Gasteiger charge is -2.30. The minimum Gasteiger partial charge on any atom is -0.391 e. The monoisotopic (exact) mass is 313 g/mol. The van der Waals surface area contributed by atoms with Gasteiger partial charge in [-0.1, -0.05) is 11.6 Å². The van der Waals surface area contributed by atoms with Crippen LogP contribution in [-0.2, 0) is 6.54 Å². The highest BCUT2D eigenvalue weighted by atomic mass is 35.5. The average Bonchev–Trinajstić information content (AvgIpc) is 2.27. The van der Waals surface area contributed by atoms with Crippen LogP contribution in [0.3, 0.4) is 0 Å². The normalized spacial score (nSPS) is 14.2. The Kier molecular flexibility index (Phi) is 4.70. The standard InChI is InChI=1S/C11H15ClF3N3O2/c1-6(19)10(2,3)17-7-4-16-18(5-11(13,14)15)9(20)8(7)12/h4,6,17,19H,5H2,1-3H3. The highest BCUT2D eigenvalue weighted by Crippen LogP contribution is 2.23. The quantitative estimate of drug-likeness (QED) is 0.892. The van der Waals surface area contributed by atoms with Crippen LogP contribution in [0.15, 0.2) is 11.0 Å². The summed E-state index contributed by atoms with van der Waals surface area (Å²) in [6.45, 7) is 3.31. The predicted molar refractivity (Wildman–Crippen MR) is 68.9 cm³/mol. The Hall–Kier alpha value is -1.28. The van der Waals surface area contributed by atoms with Crippen molar-refractivity contribution in [3.05, 3.63) is 21.6 Å². The highest BCUT2D eigenvalue weighted by molar-refractivity contribution is 6.32. The molecule has 0 bridgehead atoms. The van der Waals surface area contributed by atoms with E-state index in [-0.39, 0.29) is 10.4 Å². The lowest BCUT2D eigenvalue weighted by Crippen LogP contribution is -2.42. The first-order chi connectivity index (χ1) is 8.94. The molecule has 0 aliphatic carbocycles. The largest absolute Gasteiger partial charge is 0.408 e. The zero-order valence-electron chi connectivity index (χ0n) is 11.1. The maximum atomic E-state index is 12.2. The Bertz CT molecular complexity index is 541. The zero-order chi connectivity index (χ0) is 15.7. The highest BCUT2D eigenvalue weighted by Gasteiger charge is 2.30. The van der Waals surface area contributed by atoms with Gasteiger partial charge in [-0.05, 0) is 20.8 Å². The summed E-state index contributed by atoms with van der Waals surface area (Å²) < 4.78 is 37.0. The van der Waals surface area contributed by atoms with Crippen LogP contribution in [-0.4, -0.2) is 32.7 Å². The van der Waals surface area contributed by atoms with Crippen molar-refractivity contribution in [2.75, 3.05) is 5.32 Å². The van der Waals surface area contributed by atoms with Gasteiger partial charge < -0.3 is 10.4 Å². The van der Waals surface area contributed by atoms with Gasteiger partial charge in [-0.2, -0.15) is 18.3 Å². The molecule has 5 nitrogen and oxygen atoms in total. The van der Waals surface area contributed by atoms with Gasteiger partial charge in [-0.3, -0.25) is 4.79 Å². The number of anilines is 1. The molecule has 0 saturated heterocycles. The molecule has 0 radical (unpaired) electrons. The van der Waals surface area contributed by atoms with Crippen molar-refractivity contribution in [3.63, 3.8) is 0 Å². The van der Waals surface area contributed by atoms with Crippen molar-refractivity contribution < 1.29 is 18.3 Å². The number of rotatable bonds is 4. The van der Waals surface area contributed by atoms with Crippen molar-refractivity contribution in [2.24, 2.45) is 0 Å². The SMILES string of the molecule is CC(O)C(C)(C)Nc1cnn(CC(F)(F)F)c(=O)c1Cl. The van der Waals surface area contributed by atoms with Crippen LogP contribution >= 0.6 is 11.6 Å². The third-order valence-electron chi connectivity index (χ3n) is 2.82. The number of hydrogen-bond donors (Lipinski definition) is 2. The fourth-order valence-electron chi connectivity index (χ4n) is 1.29. The summed E-state index contributed by atoms with van der Waals surface area (Å²) in [5, 5.41) is 15.3. The first-order valence-corrected chi connectivity index (χ1v) is 6.10. The molecule has 0 aliphatic heterocycles. The lowest BCUT2D eigenvalue weighted by atomic mass is 9.98. The fourth-order valence-corrected chi connectivity index (χ4v) is 1.48. The van der Waals surface area contributed by atoms with Gasteiger partial charge in [0.2, 0.25) is 0 Å². The molecule has 1 aromatic heterocycles. The van der Waals surface area contributed by atoms with Crippen LogP contribution < -0.4 is 10.9 Å². The van der Waals surface area contributed by atoms with Crippen molar-refractivity contribution in [3.8, 4) is 0 Å². The molecule has 0 spiro atoms. The number of aliphatic hydroxyl groups is 1. The first kappa shape index (κ1) is 16.8. The third kappa shape index (κ3) is 4.11. The molecule has 1 atom stereocenters. The number of aliphatic hydroxyl groups excluding tert-OH is 1. The van der Waals surface area contributed by atoms with E-state index in [2.05, 4.69) is 10.4 Å². The molecule has 0 amide bonds. The first-order valence-electron chi connectivity index (χ1n) is 5.72. The van der Waals surface area contributed by atoms with E-state index in [1.165, 1.54) is 6.92 Å². The van der Waals surface area contributed by atoms with Crippen LogP contribution in [0.4, 0.5) is 18.9 Å². The van der Waals surface area contributed by atoms with Crippen LogP contribution in [0.25, 0.3) is 0 Å². The van der Waals surface area contributed by atoms with Gasteiger partial charge in [0.05, 0.1) is 23.5 Å². The predicted octanol–water partition coefficient (Wildman–Crippen LogP) is 2.03. The summed E-state index contributed by atoms with van der Waals surface area (Å²) in [6, 6.07) is 0. The Labute approximate surface area is 118 Å². The number of nitrogens with zero attached hydrogens (tertiary/aromatic N) is 2. The molecule has 114 valence electrons. The second-order valence-corrected chi connectivity index (χ2v) is 5.35. The summed E-state index contributed by atoms with van der Waals surface area (Å²) >= 11 is 5.75. The number of alkyl halides is 3. The van der Waals surface area contributed by atoms with Crippen molar-refractivity contribution >= 4 is 17.3 Å². The summed E-state index contributed by atoms with van der Waals surface area (Å²) in [5.41, 5.74) is -1.80. The van der Waals surface area contributed by atoms with E-state index in [0.29, 0.717) is 0 Å². The van der Waals surface area contributed by atoms with E-state index in [9.17, 15) is 23.1 Å². The summed E-state index contributed by atoms with van der Waals surface area (Å²) in [6.07, 6.45) is -4.32. The molecule has 1 aromatic rings. The van der Waals surface area contributed by atoms with Gasteiger partial charge in [-0.25, -0.2) is 4.68 Å². The van der Waals surface area contributed by atoms with Gasteiger partial charge in [0, 0.05) is 0 Å². The van der Waals surface area contributed by atoms with Crippen molar-refractivity contribution in [1.29, 1.82) is 0 Å². The number of aromatic nitrogens is 2.